The van der Waals surface area contributed by atoms with E-state index in [1.165, 1.54) is 0 Å². The maximum Gasteiger partial charge on any atom is 0.251 e. The van der Waals surface area contributed by atoms with Crippen LogP contribution in [0.15, 0.2) is 30.5 Å². The van der Waals surface area contributed by atoms with E-state index in [1.807, 2.05) is 31.4 Å². The molecule has 1 atom stereocenters. The van der Waals surface area contributed by atoms with Gasteiger partial charge in [0.1, 0.15) is 6.04 Å². The lowest BCUT2D eigenvalue weighted by Crippen LogP contribution is -2.42. The molecule has 1 fully saturated rings. The third-order valence-electron chi connectivity index (χ3n) is 3.79. The normalized spacial score (nSPS) is 18.7. The fourth-order valence-electron chi connectivity index (χ4n) is 2.74. The van der Waals surface area contributed by atoms with Crippen molar-refractivity contribution in [1.82, 2.24) is 20.3 Å². The zero-order valence-corrected chi connectivity index (χ0v) is 13.1. The Hall–Kier alpha value is -1.92. The molecule has 1 aliphatic rings. The Bertz CT molecular complexity index is 671. The van der Waals surface area contributed by atoms with Gasteiger partial charge in [-0.2, -0.15) is 0 Å². The van der Waals surface area contributed by atoms with Crippen LogP contribution in [0.3, 0.4) is 0 Å². The molecule has 1 N–H and O–H groups in total. The summed E-state index contributed by atoms with van der Waals surface area (Å²) in [4.78, 5) is 14.6. The molecule has 0 saturated carbocycles. The summed E-state index contributed by atoms with van der Waals surface area (Å²) in [5.74, 6) is 0.0141. The summed E-state index contributed by atoms with van der Waals surface area (Å²) in [6.07, 6.45) is 3.50. The van der Waals surface area contributed by atoms with Crippen molar-refractivity contribution in [3.63, 3.8) is 0 Å². The summed E-state index contributed by atoms with van der Waals surface area (Å²) in [7, 11) is 1.85. The fourth-order valence-corrected chi connectivity index (χ4v) is 2.98. The number of hydrogen-bond acceptors (Lipinski definition) is 4. The number of carbonyl (C=O) groups is 1. The third-order valence-corrected chi connectivity index (χ3v) is 4.11. The molecule has 1 aromatic heterocycles. The fraction of sp³-hybridized carbons (Fsp3) is 0.400. The van der Waals surface area contributed by atoms with Crippen LogP contribution in [0.4, 0.5) is 5.69 Å². The summed E-state index contributed by atoms with van der Waals surface area (Å²) >= 11 is 6.23. The van der Waals surface area contributed by atoms with Crippen LogP contribution in [0.25, 0.3) is 0 Å². The van der Waals surface area contributed by atoms with Crippen LogP contribution in [0, 0.1) is 0 Å². The molecule has 2 aromatic rings. The Morgan fingerprint density at radius 2 is 2.23 bits per heavy atom. The van der Waals surface area contributed by atoms with Gasteiger partial charge in [-0.25, -0.2) is 4.68 Å². The van der Waals surface area contributed by atoms with Crippen molar-refractivity contribution in [2.75, 3.05) is 18.5 Å². The van der Waals surface area contributed by atoms with Gasteiger partial charge in [-0.05, 0) is 32.0 Å². The number of rotatable bonds is 4. The first-order valence-corrected chi connectivity index (χ1v) is 7.69. The van der Waals surface area contributed by atoms with E-state index in [-0.39, 0.29) is 11.9 Å². The van der Waals surface area contributed by atoms with Crippen LogP contribution in [-0.2, 0) is 11.3 Å². The number of nitrogens with zero attached hydrogens (tertiary/aromatic N) is 4. The van der Waals surface area contributed by atoms with E-state index in [9.17, 15) is 4.79 Å². The SMILES string of the molecule is CNCc1cn(C2CCCN(c3ccccc3Cl)C2=O)nn1. The van der Waals surface area contributed by atoms with E-state index in [0.717, 1.165) is 24.2 Å². The maximum atomic E-state index is 12.8. The highest BCUT2D eigenvalue weighted by atomic mass is 35.5. The van der Waals surface area contributed by atoms with Gasteiger partial charge in [-0.3, -0.25) is 4.79 Å². The standard InChI is InChI=1S/C15H18ClN5O/c1-17-9-11-10-21(19-18-11)14-7-4-8-20(15(14)22)13-6-3-2-5-12(13)16/h2-3,5-6,10,14,17H,4,7-9H2,1H3. The van der Waals surface area contributed by atoms with E-state index < -0.39 is 0 Å². The molecule has 2 heterocycles. The number of piperidine rings is 1. The molecular formula is C15H18ClN5O. The van der Waals surface area contributed by atoms with Crippen molar-refractivity contribution < 1.29 is 4.79 Å². The minimum atomic E-state index is -0.317. The van der Waals surface area contributed by atoms with Gasteiger partial charge in [-0.1, -0.05) is 28.9 Å². The van der Waals surface area contributed by atoms with Crippen molar-refractivity contribution in [2.45, 2.75) is 25.4 Å². The quantitative estimate of drug-likeness (QED) is 0.936. The topological polar surface area (TPSA) is 63.1 Å². The average molecular weight is 320 g/mol. The van der Waals surface area contributed by atoms with E-state index in [1.54, 1.807) is 15.6 Å². The molecule has 6 nitrogen and oxygen atoms in total. The third kappa shape index (κ3) is 2.84. The average Bonchev–Trinajstić information content (AvgIpc) is 2.97. The molecule has 0 radical (unpaired) electrons. The molecule has 7 heteroatoms. The van der Waals surface area contributed by atoms with Gasteiger partial charge in [-0.15, -0.1) is 5.10 Å². The van der Waals surface area contributed by atoms with Crippen LogP contribution >= 0.6 is 11.6 Å². The van der Waals surface area contributed by atoms with E-state index in [4.69, 9.17) is 11.6 Å². The van der Waals surface area contributed by atoms with Crippen molar-refractivity contribution in [1.29, 1.82) is 0 Å². The van der Waals surface area contributed by atoms with Gasteiger partial charge < -0.3 is 10.2 Å². The molecule has 0 aliphatic carbocycles. The monoisotopic (exact) mass is 319 g/mol. The number of anilines is 1. The van der Waals surface area contributed by atoms with Crippen molar-refractivity contribution >= 4 is 23.2 Å². The summed E-state index contributed by atoms with van der Waals surface area (Å²) in [6, 6.07) is 7.10. The molecule has 1 aliphatic heterocycles. The zero-order chi connectivity index (χ0) is 15.5. The van der Waals surface area contributed by atoms with Crippen molar-refractivity contribution in [3.05, 3.63) is 41.2 Å². The largest absolute Gasteiger partial charge is 0.314 e. The lowest BCUT2D eigenvalue weighted by Gasteiger charge is -2.32. The second kappa shape index (κ2) is 6.46. The Labute approximate surface area is 134 Å². The van der Waals surface area contributed by atoms with E-state index >= 15 is 0 Å². The van der Waals surface area contributed by atoms with Gasteiger partial charge >= 0.3 is 0 Å². The molecule has 0 spiro atoms. The van der Waals surface area contributed by atoms with Crippen molar-refractivity contribution in [2.24, 2.45) is 0 Å². The number of carbonyl (C=O) groups excluding carboxylic acids is 1. The lowest BCUT2D eigenvalue weighted by molar-refractivity contribution is -0.123. The number of para-hydroxylation sites is 1. The van der Waals surface area contributed by atoms with Crippen LogP contribution < -0.4 is 10.2 Å². The predicted molar refractivity (Wildman–Crippen MR) is 84.9 cm³/mol. The van der Waals surface area contributed by atoms with Crippen molar-refractivity contribution in [3.8, 4) is 0 Å². The Morgan fingerprint density at radius 1 is 1.41 bits per heavy atom. The molecule has 1 unspecified atom stereocenters. The first kappa shape index (κ1) is 15.0. The second-order valence-electron chi connectivity index (χ2n) is 5.32. The summed E-state index contributed by atoms with van der Waals surface area (Å²) in [5.41, 5.74) is 1.58. The second-order valence-corrected chi connectivity index (χ2v) is 5.73. The Morgan fingerprint density at radius 3 is 3.00 bits per heavy atom. The molecule has 116 valence electrons. The zero-order valence-electron chi connectivity index (χ0n) is 12.4. The van der Waals surface area contributed by atoms with Crippen LogP contribution in [-0.4, -0.2) is 34.5 Å². The minimum absolute atomic E-state index is 0.0141. The molecule has 22 heavy (non-hydrogen) atoms. The summed E-state index contributed by atoms with van der Waals surface area (Å²) in [5, 5.41) is 11.8. The molecule has 1 amide bonds. The number of benzene rings is 1. The molecule has 3 rings (SSSR count). The number of nitrogens with one attached hydrogen (secondary N) is 1. The van der Waals surface area contributed by atoms with Gasteiger partial charge in [0.2, 0.25) is 0 Å². The highest BCUT2D eigenvalue weighted by molar-refractivity contribution is 6.33. The summed E-state index contributed by atoms with van der Waals surface area (Å²) < 4.78 is 1.66. The predicted octanol–water partition coefficient (Wildman–Crippen LogP) is 2.02. The van der Waals surface area contributed by atoms with Crippen LogP contribution in [0.1, 0.15) is 24.6 Å². The van der Waals surface area contributed by atoms with Crippen LogP contribution in [0.5, 0.6) is 0 Å². The minimum Gasteiger partial charge on any atom is -0.314 e. The Balaban J connectivity index is 1.85. The lowest BCUT2D eigenvalue weighted by atomic mass is 10.0. The maximum absolute atomic E-state index is 12.8. The number of halogens is 1. The first-order chi connectivity index (χ1) is 10.7. The van der Waals surface area contributed by atoms with E-state index in [0.29, 0.717) is 18.1 Å². The van der Waals surface area contributed by atoms with Gasteiger partial charge in [0.05, 0.1) is 22.6 Å². The molecule has 1 aromatic carbocycles. The number of hydrogen-bond donors (Lipinski definition) is 1. The van der Waals surface area contributed by atoms with E-state index in [2.05, 4.69) is 15.6 Å². The first-order valence-electron chi connectivity index (χ1n) is 7.32. The highest BCUT2D eigenvalue weighted by Gasteiger charge is 2.32. The molecular weight excluding hydrogens is 302 g/mol. The molecule has 0 bridgehead atoms. The van der Waals surface area contributed by atoms with Gasteiger partial charge in [0.15, 0.2) is 0 Å². The highest BCUT2D eigenvalue weighted by Crippen LogP contribution is 2.31. The van der Waals surface area contributed by atoms with Gasteiger partial charge in [0, 0.05) is 13.1 Å². The Kier molecular flexibility index (Phi) is 4.40. The van der Waals surface area contributed by atoms with Gasteiger partial charge in [0.25, 0.3) is 5.91 Å². The molecule has 1 saturated heterocycles. The number of aromatic nitrogens is 3. The smallest absolute Gasteiger partial charge is 0.251 e. The number of amides is 1. The van der Waals surface area contributed by atoms with Crippen LogP contribution in [0.2, 0.25) is 5.02 Å². The summed E-state index contributed by atoms with van der Waals surface area (Å²) in [6.45, 7) is 1.31.